The number of benzene rings is 1. The smallest absolute Gasteiger partial charge is 0.0804 e. The van der Waals surface area contributed by atoms with E-state index >= 15 is 0 Å². The molecule has 2 aliphatic rings. The average molecular weight is 285 g/mol. The van der Waals surface area contributed by atoms with Gasteiger partial charge in [0.05, 0.1) is 18.8 Å². The first-order chi connectivity index (χ1) is 10.4. The fourth-order valence-electron chi connectivity index (χ4n) is 3.63. The molecule has 112 valence electrons. The van der Waals surface area contributed by atoms with E-state index in [2.05, 4.69) is 45.7 Å². The maximum Gasteiger partial charge on any atom is 0.0804 e. The molecule has 0 saturated carbocycles. The molecule has 0 aliphatic carbocycles. The fraction of sp³-hybridized carbons (Fsp3) is 0.529. The van der Waals surface area contributed by atoms with Crippen LogP contribution in [0, 0.1) is 0 Å². The van der Waals surface area contributed by atoms with E-state index < -0.39 is 0 Å². The summed E-state index contributed by atoms with van der Waals surface area (Å²) >= 11 is 0. The first-order valence-corrected chi connectivity index (χ1v) is 7.96. The molecule has 2 aliphatic heterocycles. The highest BCUT2D eigenvalue weighted by Crippen LogP contribution is 2.28. The highest BCUT2D eigenvalue weighted by Gasteiger charge is 2.44. The summed E-state index contributed by atoms with van der Waals surface area (Å²) < 4.78 is 5.52. The highest BCUT2D eigenvalue weighted by atomic mass is 16.5. The number of para-hydroxylation sites is 1. The van der Waals surface area contributed by atoms with Crippen molar-refractivity contribution in [2.45, 2.75) is 24.9 Å². The van der Waals surface area contributed by atoms with E-state index in [1.165, 1.54) is 42.4 Å². The molecule has 0 unspecified atom stereocenters. The lowest BCUT2D eigenvalue weighted by atomic mass is 9.95. The summed E-state index contributed by atoms with van der Waals surface area (Å²) in [7, 11) is 0. The number of likely N-dealkylation sites (tertiary alicyclic amines) is 1. The number of nitrogens with zero attached hydrogens (tertiary/aromatic N) is 1. The van der Waals surface area contributed by atoms with Crippen LogP contribution in [0.15, 0.2) is 30.5 Å². The van der Waals surface area contributed by atoms with Crippen molar-refractivity contribution >= 4 is 10.9 Å². The van der Waals surface area contributed by atoms with Gasteiger partial charge in [-0.25, -0.2) is 0 Å². The SMILES string of the molecule is c1ccc2c(CNCC3(N4CCCC4)COC3)c[nH]c2c1. The molecule has 0 amide bonds. The summed E-state index contributed by atoms with van der Waals surface area (Å²) in [4.78, 5) is 5.97. The topological polar surface area (TPSA) is 40.3 Å². The van der Waals surface area contributed by atoms with E-state index in [1.807, 2.05) is 0 Å². The number of H-pyrrole nitrogens is 1. The zero-order chi connectivity index (χ0) is 14.1. The van der Waals surface area contributed by atoms with Crippen LogP contribution < -0.4 is 5.32 Å². The van der Waals surface area contributed by atoms with Crippen LogP contribution in [0.5, 0.6) is 0 Å². The maximum absolute atomic E-state index is 5.52. The Hall–Kier alpha value is -1.36. The van der Waals surface area contributed by atoms with Crippen molar-refractivity contribution in [2.75, 3.05) is 32.8 Å². The van der Waals surface area contributed by atoms with Crippen molar-refractivity contribution in [2.24, 2.45) is 0 Å². The molecule has 0 radical (unpaired) electrons. The molecular weight excluding hydrogens is 262 g/mol. The van der Waals surface area contributed by atoms with Crippen LogP contribution in [0.25, 0.3) is 10.9 Å². The standard InChI is InChI=1S/C17H23N3O/c1-2-6-16-15(5-1)14(10-19-16)9-18-11-17(12-21-13-17)20-7-3-4-8-20/h1-2,5-6,10,18-19H,3-4,7-9,11-13H2. The third-order valence-electron chi connectivity index (χ3n) is 4.96. The molecule has 2 aromatic rings. The summed E-state index contributed by atoms with van der Waals surface area (Å²) in [6, 6.07) is 8.49. The lowest BCUT2D eigenvalue weighted by Crippen LogP contribution is -2.66. The molecule has 4 heteroatoms. The summed E-state index contributed by atoms with van der Waals surface area (Å²) in [5.41, 5.74) is 2.82. The minimum Gasteiger partial charge on any atom is -0.377 e. The number of nitrogens with one attached hydrogen (secondary N) is 2. The van der Waals surface area contributed by atoms with Crippen molar-refractivity contribution in [3.05, 3.63) is 36.0 Å². The van der Waals surface area contributed by atoms with Crippen molar-refractivity contribution in [1.29, 1.82) is 0 Å². The van der Waals surface area contributed by atoms with Gasteiger partial charge in [0.15, 0.2) is 0 Å². The number of aromatic nitrogens is 1. The molecule has 0 bridgehead atoms. The Bertz CT molecular complexity index is 611. The second kappa shape index (κ2) is 5.44. The predicted octanol–water partition coefficient (Wildman–Crippen LogP) is 2.12. The largest absolute Gasteiger partial charge is 0.377 e. The lowest BCUT2D eigenvalue weighted by molar-refractivity contribution is -0.131. The summed E-state index contributed by atoms with van der Waals surface area (Å²) in [5.74, 6) is 0. The quantitative estimate of drug-likeness (QED) is 0.884. The Labute approximate surface area is 125 Å². The van der Waals surface area contributed by atoms with Crippen molar-refractivity contribution in [3.8, 4) is 0 Å². The Morgan fingerprint density at radius 3 is 2.76 bits per heavy atom. The molecule has 21 heavy (non-hydrogen) atoms. The van der Waals surface area contributed by atoms with Crippen LogP contribution in [-0.2, 0) is 11.3 Å². The number of hydrogen-bond donors (Lipinski definition) is 2. The molecule has 0 atom stereocenters. The Balaban J connectivity index is 1.40. The van der Waals surface area contributed by atoms with E-state index in [4.69, 9.17) is 4.74 Å². The van der Waals surface area contributed by atoms with Gasteiger partial charge in [-0.15, -0.1) is 0 Å². The first-order valence-electron chi connectivity index (χ1n) is 7.96. The van der Waals surface area contributed by atoms with Gasteiger partial charge in [0.25, 0.3) is 0 Å². The molecule has 2 fully saturated rings. The third kappa shape index (κ3) is 2.37. The number of rotatable bonds is 5. The first kappa shape index (κ1) is 13.3. The van der Waals surface area contributed by atoms with Gasteiger partial charge in [0.2, 0.25) is 0 Å². The van der Waals surface area contributed by atoms with Gasteiger partial charge >= 0.3 is 0 Å². The van der Waals surface area contributed by atoms with E-state index in [-0.39, 0.29) is 5.54 Å². The van der Waals surface area contributed by atoms with Gasteiger partial charge in [0, 0.05) is 30.2 Å². The molecule has 2 N–H and O–H groups in total. The number of hydrogen-bond acceptors (Lipinski definition) is 3. The normalized spacial score (nSPS) is 21.7. The van der Waals surface area contributed by atoms with Gasteiger partial charge < -0.3 is 15.0 Å². The minimum absolute atomic E-state index is 0.253. The number of fused-ring (bicyclic) bond motifs is 1. The minimum atomic E-state index is 0.253. The van der Waals surface area contributed by atoms with Crippen LogP contribution in [0.2, 0.25) is 0 Å². The molecular formula is C17H23N3O. The van der Waals surface area contributed by atoms with Crippen molar-refractivity contribution in [3.63, 3.8) is 0 Å². The third-order valence-corrected chi connectivity index (χ3v) is 4.96. The number of ether oxygens (including phenoxy) is 1. The van der Waals surface area contributed by atoms with E-state index in [0.717, 1.165) is 26.3 Å². The summed E-state index contributed by atoms with van der Waals surface area (Å²) in [6.07, 6.45) is 4.80. The van der Waals surface area contributed by atoms with Gasteiger partial charge in [-0.2, -0.15) is 0 Å². The molecule has 3 heterocycles. The lowest BCUT2D eigenvalue weighted by Gasteiger charge is -2.48. The molecule has 1 aromatic heterocycles. The molecule has 4 rings (SSSR count). The van der Waals surface area contributed by atoms with Crippen LogP contribution >= 0.6 is 0 Å². The summed E-state index contributed by atoms with van der Waals surface area (Å²) in [6.45, 7) is 6.17. The van der Waals surface area contributed by atoms with Gasteiger partial charge in [-0.05, 0) is 37.6 Å². The van der Waals surface area contributed by atoms with Crippen LogP contribution in [-0.4, -0.2) is 48.3 Å². The molecule has 0 spiro atoms. The van der Waals surface area contributed by atoms with Crippen molar-refractivity contribution in [1.82, 2.24) is 15.2 Å². The Morgan fingerprint density at radius 2 is 2.00 bits per heavy atom. The average Bonchev–Trinajstić information content (AvgIpc) is 3.12. The zero-order valence-electron chi connectivity index (χ0n) is 12.4. The second-order valence-corrected chi connectivity index (χ2v) is 6.37. The summed E-state index contributed by atoms with van der Waals surface area (Å²) in [5, 5.41) is 4.98. The zero-order valence-corrected chi connectivity index (χ0v) is 12.4. The fourth-order valence-corrected chi connectivity index (χ4v) is 3.63. The molecule has 4 nitrogen and oxygen atoms in total. The van der Waals surface area contributed by atoms with Crippen LogP contribution in [0.1, 0.15) is 18.4 Å². The van der Waals surface area contributed by atoms with Gasteiger partial charge in [0.1, 0.15) is 0 Å². The Kier molecular flexibility index (Phi) is 3.45. The van der Waals surface area contributed by atoms with Gasteiger partial charge in [-0.3, -0.25) is 4.90 Å². The van der Waals surface area contributed by atoms with E-state index in [1.54, 1.807) is 0 Å². The van der Waals surface area contributed by atoms with E-state index in [9.17, 15) is 0 Å². The maximum atomic E-state index is 5.52. The predicted molar refractivity (Wildman–Crippen MR) is 84.4 cm³/mol. The van der Waals surface area contributed by atoms with Crippen molar-refractivity contribution < 1.29 is 4.74 Å². The van der Waals surface area contributed by atoms with E-state index in [0.29, 0.717) is 0 Å². The number of aromatic amines is 1. The Morgan fingerprint density at radius 1 is 1.19 bits per heavy atom. The monoisotopic (exact) mass is 285 g/mol. The molecule has 2 saturated heterocycles. The second-order valence-electron chi connectivity index (χ2n) is 6.37. The highest BCUT2D eigenvalue weighted by molar-refractivity contribution is 5.82. The van der Waals surface area contributed by atoms with Gasteiger partial charge in [-0.1, -0.05) is 18.2 Å². The van der Waals surface area contributed by atoms with Crippen LogP contribution in [0.4, 0.5) is 0 Å². The van der Waals surface area contributed by atoms with Crippen LogP contribution in [0.3, 0.4) is 0 Å². The molecule has 1 aromatic carbocycles.